The summed E-state index contributed by atoms with van der Waals surface area (Å²) in [5.74, 6) is -0.939. The van der Waals surface area contributed by atoms with Gasteiger partial charge in [-0.05, 0) is 31.8 Å². The van der Waals surface area contributed by atoms with Crippen LogP contribution in [0.3, 0.4) is 0 Å². The topological polar surface area (TPSA) is 59.1 Å². The van der Waals surface area contributed by atoms with Crippen molar-refractivity contribution in [2.45, 2.75) is 96.2 Å². The molecule has 1 N–H and O–H groups in total. The summed E-state index contributed by atoms with van der Waals surface area (Å²) in [7, 11) is 1.27. The molecule has 0 saturated carbocycles. The van der Waals surface area contributed by atoms with Crippen LogP contribution in [0.4, 0.5) is 0 Å². The van der Waals surface area contributed by atoms with Crippen molar-refractivity contribution in [3.63, 3.8) is 0 Å². The quantitative estimate of drug-likeness (QED) is 0.159. The van der Waals surface area contributed by atoms with Gasteiger partial charge < -0.3 is 14.6 Å². The summed E-state index contributed by atoms with van der Waals surface area (Å²) in [5.41, 5.74) is 0. The molecular formula is C19H34O4. The molecule has 1 aliphatic rings. The third-order valence-electron chi connectivity index (χ3n) is 4.45. The number of aliphatic hydroxyl groups is 1. The van der Waals surface area contributed by atoms with Crippen molar-refractivity contribution in [3.8, 4) is 0 Å². The van der Waals surface area contributed by atoms with Gasteiger partial charge in [-0.1, -0.05) is 58.3 Å². The Balaban J connectivity index is 1.88. The van der Waals surface area contributed by atoms with E-state index >= 15 is 0 Å². The molecular weight excluding hydrogens is 292 g/mol. The first kappa shape index (κ1) is 20.0. The molecule has 0 aromatic carbocycles. The minimum absolute atomic E-state index is 0.281. The van der Waals surface area contributed by atoms with Crippen molar-refractivity contribution in [2.75, 3.05) is 7.11 Å². The second-order valence-corrected chi connectivity index (χ2v) is 6.49. The highest BCUT2D eigenvalue weighted by Gasteiger charge is 2.36. The normalized spacial score (nSPS) is 20.5. The molecule has 23 heavy (non-hydrogen) atoms. The number of epoxide rings is 1. The first-order valence-electron chi connectivity index (χ1n) is 9.32. The molecule has 0 aromatic heterocycles. The van der Waals surface area contributed by atoms with E-state index in [2.05, 4.69) is 11.7 Å². The fourth-order valence-corrected chi connectivity index (χ4v) is 2.91. The Labute approximate surface area is 141 Å². The van der Waals surface area contributed by atoms with Crippen LogP contribution >= 0.6 is 0 Å². The predicted molar refractivity (Wildman–Crippen MR) is 92.5 cm³/mol. The molecule has 0 aromatic rings. The van der Waals surface area contributed by atoms with Crippen LogP contribution in [0.2, 0.25) is 0 Å². The monoisotopic (exact) mass is 326 g/mol. The first-order chi connectivity index (χ1) is 11.2. The van der Waals surface area contributed by atoms with Gasteiger partial charge in [0, 0.05) is 0 Å². The maximum absolute atomic E-state index is 11.0. The molecule has 4 heteroatoms. The number of ether oxygens (including phenoxy) is 2. The van der Waals surface area contributed by atoms with Gasteiger partial charge in [0.2, 0.25) is 0 Å². The van der Waals surface area contributed by atoms with Crippen molar-refractivity contribution in [2.24, 2.45) is 0 Å². The van der Waals surface area contributed by atoms with Crippen LogP contribution in [0.5, 0.6) is 0 Å². The van der Waals surface area contributed by atoms with Gasteiger partial charge in [0.05, 0.1) is 19.3 Å². The Morgan fingerprint density at radius 3 is 2.17 bits per heavy atom. The van der Waals surface area contributed by atoms with E-state index in [1.54, 1.807) is 6.08 Å². The Morgan fingerprint density at radius 2 is 1.57 bits per heavy atom. The molecule has 2 atom stereocenters. The van der Waals surface area contributed by atoms with E-state index in [0.29, 0.717) is 18.6 Å². The summed E-state index contributed by atoms with van der Waals surface area (Å²) in [5, 5.41) is 9.32. The van der Waals surface area contributed by atoms with E-state index in [-0.39, 0.29) is 5.76 Å². The van der Waals surface area contributed by atoms with Crippen LogP contribution < -0.4 is 0 Å². The zero-order chi connectivity index (χ0) is 16.9. The van der Waals surface area contributed by atoms with Gasteiger partial charge in [0.15, 0.2) is 5.76 Å². The highest BCUT2D eigenvalue weighted by atomic mass is 16.6. The lowest BCUT2D eigenvalue weighted by molar-refractivity contribution is -0.139. The van der Waals surface area contributed by atoms with E-state index in [9.17, 15) is 9.90 Å². The van der Waals surface area contributed by atoms with E-state index in [1.807, 2.05) is 0 Å². The molecule has 1 rings (SSSR count). The van der Waals surface area contributed by atoms with Gasteiger partial charge in [-0.25, -0.2) is 4.79 Å². The molecule has 0 radical (unpaired) electrons. The average Bonchev–Trinajstić information content (AvgIpc) is 3.31. The lowest BCUT2D eigenvalue weighted by Crippen LogP contribution is -2.03. The van der Waals surface area contributed by atoms with Gasteiger partial charge in [-0.3, -0.25) is 0 Å². The highest BCUT2D eigenvalue weighted by Crippen LogP contribution is 2.31. The van der Waals surface area contributed by atoms with Gasteiger partial charge in [0.25, 0.3) is 0 Å². The molecule has 1 saturated heterocycles. The highest BCUT2D eigenvalue weighted by molar-refractivity contribution is 5.85. The number of esters is 1. The maximum Gasteiger partial charge on any atom is 0.372 e. The minimum Gasteiger partial charge on any atom is -0.502 e. The Kier molecular flexibility index (Phi) is 10.8. The number of hydrogen-bond donors (Lipinski definition) is 1. The van der Waals surface area contributed by atoms with Crippen molar-refractivity contribution < 1.29 is 19.4 Å². The third-order valence-corrected chi connectivity index (χ3v) is 4.45. The Morgan fingerprint density at radius 1 is 1.00 bits per heavy atom. The van der Waals surface area contributed by atoms with E-state index in [1.165, 1.54) is 52.1 Å². The third kappa shape index (κ3) is 9.65. The first-order valence-corrected chi connectivity index (χ1v) is 9.32. The van der Waals surface area contributed by atoms with Crippen molar-refractivity contribution in [3.05, 3.63) is 11.8 Å². The molecule has 1 aliphatic heterocycles. The second kappa shape index (κ2) is 12.4. The van der Waals surface area contributed by atoms with Gasteiger partial charge >= 0.3 is 5.97 Å². The maximum atomic E-state index is 11.0. The number of carbonyl (C=O) groups excluding carboxylic acids is 1. The summed E-state index contributed by atoms with van der Waals surface area (Å²) in [6, 6.07) is 0. The van der Waals surface area contributed by atoms with E-state index in [4.69, 9.17) is 4.74 Å². The van der Waals surface area contributed by atoms with Crippen molar-refractivity contribution in [1.82, 2.24) is 0 Å². The van der Waals surface area contributed by atoms with Crippen LogP contribution in [-0.4, -0.2) is 30.4 Å². The Hall–Kier alpha value is -1.03. The second-order valence-electron chi connectivity index (χ2n) is 6.49. The summed E-state index contributed by atoms with van der Waals surface area (Å²) in [6.07, 6.45) is 17.0. The smallest absolute Gasteiger partial charge is 0.372 e. The number of rotatable bonds is 14. The lowest BCUT2D eigenvalue weighted by Gasteiger charge is -2.00. The van der Waals surface area contributed by atoms with Crippen LogP contribution in [0.15, 0.2) is 11.8 Å². The van der Waals surface area contributed by atoms with Crippen LogP contribution in [-0.2, 0) is 14.3 Å². The molecule has 134 valence electrons. The van der Waals surface area contributed by atoms with Crippen molar-refractivity contribution >= 4 is 5.97 Å². The van der Waals surface area contributed by atoms with E-state index < -0.39 is 5.97 Å². The molecule has 0 bridgehead atoms. The molecule has 0 aliphatic carbocycles. The minimum atomic E-state index is -0.658. The largest absolute Gasteiger partial charge is 0.502 e. The number of methoxy groups -OCH3 is 1. The van der Waals surface area contributed by atoms with Crippen molar-refractivity contribution in [1.29, 1.82) is 0 Å². The van der Waals surface area contributed by atoms with Gasteiger partial charge in [0.1, 0.15) is 0 Å². The van der Waals surface area contributed by atoms with Crippen LogP contribution in [0.25, 0.3) is 0 Å². The summed E-state index contributed by atoms with van der Waals surface area (Å²) < 4.78 is 10.1. The van der Waals surface area contributed by atoms with Gasteiger partial charge in [-0.2, -0.15) is 0 Å². The number of carbonyl (C=O) groups is 1. The molecule has 0 spiro atoms. The Bertz CT molecular complexity index is 351. The summed E-state index contributed by atoms with van der Waals surface area (Å²) >= 11 is 0. The van der Waals surface area contributed by atoms with Crippen LogP contribution in [0.1, 0.15) is 84.0 Å². The molecule has 0 amide bonds. The van der Waals surface area contributed by atoms with E-state index in [0.717, 1.165) is 25.7 Å². The summed E-state index contributed by atoms with van der Waals surface area (Å²) in [6.45, 7) is 2.25. The number of unbranched alkanes of at least 4 members (excludes halogenated alkanes) is 8. The lowest BCUT2D eigenvalue weighted by atomic mass is 10.0. The average molecular weight is 326 g/mol. The number of aliphatic hydroxyl groups excluding tert-OH is 1. The van der Waals surface area contributed by atoms with Gasteiger partial charge in [-0.15, -0.1) is 0 Å². The fourth-order valence-electron chi connectivity index (χ4n) is 2.91. The molecule has 4 nitrogen and oxygen atoms in total. The fraction of sp³-hybridized carbons (Fsp3) is 0.842. The standard InChI is InChI=1S/C19H34O4/c1-3-4-5-6-7-11-14-17-18(23-17)15-12-9-8-10-13-16(20)19(21)22-2/h13,17-18,20H,3-12,14-15H2,1-2H3/b16-13-. The predicted octanol–water partition coefficient (Wildman–Crippen LogP) is 5.07. The van der Waals surface area contributed by atoms with Crippen LogP contribution in [0, 0.1) is 0 Å². The zero-order valence-corrected chi connectivity index (χ0v) is 14.9. The number of hydrogen-bond acceptors (Lipinski definition) is 4. The number of allylic oxidation sites excluding steroid dienone is 1. The SMILES string of the molecule is CCCCCCCCC1OC1CCCCC/C=C(\O)C(=O)OC. The molecule has 1 heterocycles. The molecule has 1 fully saturated rings. The molecule has 2 unspecified atom stereocenters. The zero-order valence-electron chi connectivity index (χ0n) is 14.9. The summed E-state index contributed by atoms with van der Waals surface area (Å²) in [4.78, 5) is 11.0.